The summed E-state index contributed by atoms with van der Waals surface area (Å²) in [6.45, 7) is 5.17. The highest BCUT2D eigenvalue weighted by Crippen LogP contribution is 2.16. The van der Waals surface area contributed by atoms with E-state index >= 15 is 0 Å². The molecule has 0 saturated carbocycles. The summed E-state index contributed by atoms with van der Waals surface area (Å²) < 4.78 is 0. The summed E-state index contributed by atoms with van der Waals surface area (Å²) >= 11 is 5.92. The number of carbonyl (C=O) groups excluding carboxylic acids is 1. The number of rotatable bonds is 8. The fourth-order valence-electron chi connectivity index (χ4n) is 3.11. The lowest BCUT2D eigenvalue weighted by Gasteiger charge is -2.34. The van der Waals surface area contributed by atoms with Crippen LogP contribution in [0.3, 0.4) is 0 Å². The number of piperidine rings is 1. The van der Waals surface area contributed by atoms with Crippen molar-refractivity contribution in [1.82, 2.24) is 10.2 Å². The molecule has 4 nitrogen and oxygen atoms in total. The van der Waals surface area contributed by atoms with E-state index in [1.54, 1.807) is 0 Å². The molecule has 1 amide bonds. The Kier molecular flexibility index (Phi) is 7.34. The summed E-state index contributed by atoms with van der Waals surface area (Å²) in [5, 5.41) is 4.24. The van der Waals surface area contributed by atoms with Crippen molar-refractivity contribution < 1.29 is 4.79 Å². The number of hydrogen-bond donors (Lipinski definition) is 2. The molecule has 2 rings (SSSR count). The molecule has 0 aromatic heterocycles. The number of primary amides is 1. The number of likely N-dealkylation sites (tertiary alicyclic amines) is 1. The van der Waals surface area contributed by atoms with E-state index in [2.05, 4.69) is 29.3 Å². The van der Waals surface area contributed by atoms with Gasteiger partial charge in [0.2, 0.25) is 5.91 Å². The Hall–Kier alpha value is -1.10. The van der Waals surface area contributed by atoms with Crippen LogP contribution in [0.1, 0.15) is 44.6 Å². The quantitative estimate of drug-likeness (QED) is 0.766. The van der Waals surface area contributed by atoms with Gasteiger partial charge >= 0.3 is 0 Å². The highest BCUT2D eigenvalue weighted by Gasteiger charge is 2.23. The van der Waals surface area contributed by atoms with Crippen LogP contribution in [0, 0.1) is 0 Å². The average Bonchev–Trinajstić information content (AvgIpc) is 2.55. The monoisotopic (exact) mass is 337 g/mol. The second-order valence-electron chi connectivity index (χ2n) is 6.44. The molecule has 1 atom stereocenters. The summed E-state index contributed by atoms with van der Waals surface area (Å²) in [7, 11) is 0. The van der Waals surface area contributed by atoms with Gasteiger partial charge in [-0.2, -0.15) is 0 Å². The maximum atomic E-state index is 11.6. The third-order valence-electron chi connectivity index (χ3n) is 4.53. The van der Waals surface area contributed by atoms with Crippen molar-refractivity contribution in [2.75, 3.05) is 13.1 Å². The molecule has 5 heteroatoms. The van der Waals surface area contributed by atoms with Gasteiger partial charge in [-0.15, -0.1) is 0 Å². The Morgan fingerprint density at radius 1 is 1.35 bits per heavy atom. The average molecular weight is 338 g/mol. The smallest absolute Gasteiger partial charge is 0.234 e. The predicted molar refractivity (Wildman–Crippen MR) is 95.4 cm³/mol. The van der Waals surface area contributed by atoms with E-state index in [1.807, 2.05) is 12.1 Å². The lowest BCUT2D eigenvalue weighted by molar-refractivity contribution is -0.120. The molecule has 1 heterocycles. The van der Waals surface area contributed by atoms with Crippen molar-refractivity contribution >= 4 is 17.5 Å². The van der Waals surface area contributed by atoms with E-state index < -0.39 is 0 Å². The van der Waals surface area contributed by atoms with Gasteiger partial charge < -0.3 is 11.1 Å². The van der Waals surface area contributed by atoms with Crippen LogP contribution in [-0.2, 0) is 11.3 Å². The molecular weight excluding hydrogens is 310 g/mol. The first-order valence-electron chi connectivity index (χ1n) is 8.60. The molecule has 1 saturated heterocycles. The van der Waals surface area contributed by atoms with Gasteiger partial charge in [0.05, 0.1) is 6.04 Å². The van der Waals surface area contributed by atoms with Crippen molar-refractivity contribution in [3.63, 3.8) is 0 Å². The fourth-order valence-corrected chi connectivity index (χ4v) is 3.23. The van der Waals surface area contributed by atoms with E-state index in [4.69, 9.17) is 17.3 Å². The summed E-state index contributed by atoms with van der Waals surface area (Å²) in [4.78, 5) is 14.0. The molecule has 1 aromatic rings. The van der Waals surface area contributed by atoms with Crippen LogP contribution in [0.4, 0.5) is 0 Å². The van der Waals surface area contributed by atoms with Crippen molar-refractivity contribution in [3.05, 3.63) is 34.9 Å². The van der Waals surface area contributed by atoms with Gasteiger partial charge in [-0.3, -0.25) is 9.69 Å². The maximum absolute atomic E-state index is 11.6. The molecule has 0 spiro atoms. The summed E-state index contributed by atoms with van der Waals surface area (Å²) in [6.07, 6.45) is 5.09. The molecule has 1 fully saturated rings. The third-order valence-corrected chi connectivity index (χ3v) is 4.79. The van der Waals surface area contributed by atoms with E-state index in [-0.39, 0.29) is 11.9 Å². The second-order valence-corrected chi connectivity index (χ2v) is 6.88. The Balaban J connectivity index is 1.76. The minimum atomic E-state index is -0.220. The van der Waals surface area contributed by atoms with Crippen LogP contribution in [0.25, 0.3) is 0 Å². The highest BCUT2D eigenvalue weighted by molar-refractivity contribution is 6.30. The predicted octanol–water partition coefficient (Wildman–Crippen LogP) is 2.94. The van der Waals surface area contributed by atoms with E-state index in [0.29, 0.717) is 6.04 Å². The Labute approximate surface area is 144 Å². The minimum absolute atomic E-state index is 0.178. The number of benzene rings is 1. The number of carbonyl (C=O) groups is 1. The number of nitrogens with two attached hydrogens (primary N) is 1. The number of nitrogens with zero attached hydrogens (tertiary/aromatic N) is 1. The number of unbranched alkanes of at least 4 members (excludes halogenated alkanes) is 1. The van der Waals surface area contributed by atoms with E-state index in [0.717, 1.165) is 56.8 Å². The molecule has 0 radical (unpaired) electrons. The standard InChI is InChI=1S/C18H28ClN3O/c1-2-3-4-17(18(20)23)21-16-9-11-22(12-10-16)13-14-5-7-15(19)8-6-14/h5-8,16-17,21H,2-4,9-13H2,1H3,(H2,20,23)/t17-/m1/s1. The first kappa shape index (κ1) is 18.2. The van der Waals surface area contributed by atoms with Crippen molar-refractivity contribution in [1.29, 1.82) is 0 Å². The van der Waals surface area contributed by atoms with E-state index in [1.165, 1.54) is 5.56 Å². The van der Waals surface area contributed by atoms with Crippen molar-refractivity contribution in [2.24, 2.45) is 5.73 Å². The van der Waals surface area contributed by atoms with Crippen LogP contribution in [0.5, 0.6) is 0 Å². The minimum Gasteiger partial charge on any atom is -0.368 e. The first-order valence-corrected chi connectivity index (χ1v) is 8.98. The molecule has 128 valence electrons. The molecular formula is C18H28ClN3O. The van der Waals surface area contributed by atoms with Gasteiger partial charge in [-0.25, -0.2) is 0 Å². The largest absolute Gasteiger partial charge is 0.368 e. The van der Waals surface area contributed by atoms with Crippen LogP contribution in [-0.4, -0.2) is 36.0 Å². The molecule has 1 aliphatic rings. The van der Waals surface area contributed by atoms with Crippen LogP contribution in [0.2, 0.25) is 5.02 Å². The van der Waals surface area contributed by atoms with Crippen molar-refractivity contribution in [2.45, 2.75) is 57.7 Å². The Bertz CT molecular complexity index is 484. The number of nitrogens with one attached hydrogen (secondary N) is 1. The number of halogens is 1. The van der Waals surface area contributed by atoms with Gasteiger partial charge in [-0.1, -0.05) is 43.5 Å². The summed E-state index contributed by atoms with van der Waals surface area (Å²) in [5.74, 6) is -0.220. The molecule has 1 aliphatic heterocycles. The molecule has 0 unspecified atom stereocenters. The van der Waals surface area contributed by atoms with Gasteiger partial charge in [0.1, 0.15) is 0 Å². The number of amides is 1. The van der Waals surface area contributed by atoms with Gasteiger partial charge in [0.25, 0.3) is 0 Å². The second kappa shape index (κ2) is 9.26. The van der Waals surface area contributed by atoms with Gasteiger partial charge in [0, 0.05) is 17.6 Å². The zero-order chi connectivity index (χ0) is 16.7. The topological polar surface area (TPSA) is 58.4 Å². The van der Waals surface area contributed by atoms with Gasteiger partial charge in [-0.05, 0) is 50.0 Å². The summed E-state index contributed by atoms with van der Waals surface area (Å²) in [5.41, 5.74) is 6.80. The molecule has 0 bridgehead atoms. The maximum Gasteiger partial charge on any atom is 0.234 e. The zero-order valence-corrected chi connectivity index (χ0v) is 14.7. The highest BCUT2D eigenvalue weighted by atomic mass is 35.5. The van der Waals surface area contributed by atoms with Crippen LogP contribution >= 0.6 is 11.6 Å². The fraction of sp³-hybridized carbons (Fsp3) is 0.611. The van der Waals surface area contributed by atoms with Crippen molar-refractivity contribution in [3.8, 4) is 0 Å². The zero-order valence-electron chi connectivity index (χ0n) is 13.9. The van der Waals surface area contributed by atoms with E-state index in [9.17, 15) is 4.79 Å². The lowest BCUT2D eigenvalue weighted by Crippen LogP contribution is -2.50. The lowest BCUT2D eigenvalue weighted by atomic mass is 10.0. The molecule has 1 aromatic carbocycles. The normalized spacial score (nSPS) is 18.0. The summed E-state index contributed by atoms with van der Waals surface area (Å²) in [6, 6.07) is 8.27. The third kappa shape index (κ3) is 6.13. The van der Waals surface area contributed by atoms with Gasteiger partial charge in [0.15, 0.2) is 0 Å². The van der Waals surface area contributed by atoms with Crippen LogP contribution in [0.15, 0.2) is 24.3 Å². The molecule has 3 N–H and O–H groups in total. The first-order chi connectivity index (χ1) is 11.1. The Morgan fingerprint density at radius 3 is 2.57 bits per heavy atom. The molecule has 0 aliphatic carbocycles. The Morgan fingerprint density at radius 2 is 2.00 bits per heavy atom. The number of hydrogen-bond acceptors (Lipinski definition) is 3. The van der Waals surface area contributed by atoms with Crippen LogP contribution < -0.4 is 11.1 Å². The SMILES string of the molecule is CCCC[C@@H](NC1CCN(Cc2ccc(Cl)cc2)CC1)C(N)=O. The molecule has 23 heavy (non-hydrogen) atoms.